The Balaban J connectivity index is 1.93. The number of carbonyl (C=O) groups excluding carboxylic acids is 1. The largest absolute Gasteiger partial charge is 0.396 e. The number of aliphatic hydroxyl groups is 1. The van der Waals surface area contributed by atoms with E-state index >= 15 is 0 Å². The molecule has 2 N–H and O–H groups in total. The Morgan fingerprint density at radius 1 is 1.56 bits per heavy atom. The first kappa shape index (κ1) is 13.1. The molecule has 0 saturated heterocycles. The Hall–Kier alpha value is -1.29. The van der Waals surface area contributed by atoms with Crippen molar-refractivity contribution in [1.29, 1.82) is 0 Å². The maximum absolute atomic E-state index is 12.1. The molecule has 0 bridgehead atoms. The van der Waals surface area contributed by atoms with E-state index in [1.54, 1.807) is 0 Å². The number of amides is 1. The van der Waals surface area contributed by atoms with Crippen LogP contribution in [-0.2, 0) is 0 Å². The maximum Gasteiger partial charge on any atom is 0.267 e. The topological polar surface area (TPSA) is 54.3 Å². The van der Waals surface area contributed by atoms with Gasteiger partial charge in [0.05, 0.1) is 0 Å². The molecule has 1 fully saturated rings. The van der Waals surface area contributed by atoms with E-state index in [0.717, 1.165) is 5.69 Å². The fourth-order valence-electron chi connectivity index (χ4n) is 2.06. The van der Waals surface area contributed by atoms with Gasteiger partial charge in [0.1, 0.15) is 5.69 Å². The molecule has 1 aliphatic carbocycles. The normalized spacial score (nSPS) is 15.7. The summed E-state index contributed by atoms with van der Waals surface area (Å²) in [5.74, 6) is -0.0158. The Morgan fingerprint density at radius 3 is 2.89 bits per heavy atom. The molecular formula is C14H22N2O2. The first-order chi connectivity index (χ1) is 8.53. The van der Waals surface area contributed by atoms with Crippen molar-refractivity contribution in [1.82, 2.24) is 9.88 Å². The molecule has 0 radical (unpaired) electrons. The van der Waals surface area contributed by atoms with Gasteiger partial charge in [-0.3, -0.25) is 4.79 Å². The summed E-state index contributed by atoms with van der Waals surface area (Å²) >= 11 is 0. The van der Waals surface area contributed by atoms with E-state index in [9.17, 15) is 4.79 Å². The van der Waals surface area contributed by atoms with E-state index in [1.807, 2.05) is 32.2 Å². The van der Waals surface area contributed by atoms with Crippen molar-refractivity contribution in [3.63, 3.8) is 0 Å². The molecule has 0 unspecified atom stereocenters. The van der Waals surface area contributed by atoms with Crippen LogP contribution >= 0.6 is 0 Å². The van der Waals surface area contributed by atoms with Crippen LogP contribution in [0.5, 0.6) is 0 Å². The Labute approximate surface area is 108 Å². The van der Waals surface area contributed by atoms with E-state index in [1.165, 1.54) is 12.8 Å². The summed E-state index contributed by atoms with van der Waals surface area (Å²) in [6.45, 7) is 4.83. The second-order valence-electron chi connectivity index (χ2n) is 5.85. The lowest BCUT2D eigenvalue weighted by atomic mass is 9.90. The van der Waals surface area contributed by atoms with Crippen LogP contribution in [0.1, 0.15) is 49.6 Å². The summed E-state index contributed by atoms with van der Waals surface area (Å²) in [6, 6.07) is 4.31. The molecule has 1 saturated carbocycles. The number of hydrogen-bond donors (Lipinski definition) is 2. The summed E-state index contributed by atoms with van der Waals surface area (Å²) in [5.41, 5.74) is 0.679. The van der Waals surface area contributed by atoms with Gasteiger partial charge in [-0.25, -0.2) is 0 Å². The molecule has 1 aliphatic rings. The minimum absolute atomic E-state index is 0.0158. The molecular weight excluding hydrogens is 228 g/mol. The number of nitrogens with zero attached hydrogens (tertiary/aromatic N) is 1. The molecule has 0 aliphatic heterocycles. The summed E-state index contributed by atoms with van der Waals surface area (Å²) in [5, 5.41) is 11.9. The molecule has 4 nitrogen and oxygen atoms in total. The molecule has 0 spiro atoms. The van der Waals surface area contributed by atoms with E-state index in [0.29, 0.717) is 19.0 Å². The number of aliphatic hydroxyl groups excluding tert-OH is 1. The van der Waals surface area contributed by atoms with Gasteiger partial charge in [-0.2, -0.15) is 0 Å². The minimum Gasteiger partial charge on any atom is -0.396 e. The number of rotatable bonds is 6. The van der Waals surface area contributed by atoms with E-state index < -0.39 is 0 Å². The predicted molar refractivity (Wildman–Crippen MR) is 70.5 cm³/mol. The highest BCUT2D eigenvalue weighted by molar-refractivity contribution is 5.92. The van der Waals surface area contributed by atoms with Gasteiger partial charge in [-0.15, -0.1) is 0 Å². The monoisotopic (exact) mass is 250 g/mol. The smallest absolute Gasteiger partial charge is 0.267 e. The summed E-state index contributed by atoms with van der Waals surface area (Å²) in [4.78, 5) is 12.1. The highest BCUT2D eigenvalue weighted by Gasteiger charge is 2.27. The molecule has 100 valence electrons. The number of carbonyl (C=O) groups is 1. The molecule has 4 heteroatoms. The quantitative estimate of drug-likeness (QED) is 0.811. The minimum atomic E-state index is -0.0680. The highest BCUT2D eigenvalue weighted by atomic mass is 16.3. The lowest BCUT2D eigenvalue weighted by Gasteiger charge is -2.24. The molecule has 1 aromatic rings. The molecule has 1 aromatic heterocycles. The van der Waals surface area contributed by atoms with Crippen LogP contribution < -0.4 is 5.32 Å². The van der Waals surface area contributed by atoms with Gasteiger partial charge in [0.25, 0.3) is 5.91 Å². The average molecular weight is 250 g/mol. The van der Waals surface area contributed by atoms with Crippen LogP contribution in [0, 0.1) is 5.41 Å². The van der Waals surface area contributed by atoms with Crippen molar-refractivity contribution < 1.29 is 9.90 Å². The van der Waals surface area contributed by atoms with Gasteiger partial charge in [0, 0.05) is 25.4 Å². The zero-order valence-corrected chi connectivity index (χ0v) is 11.1. The molecule has 2 rings (SSSR count). The van der Waals surface area contributed by atoms with Gasteiger partial charge in [-0.05, 0) is 36.8 Å². The van der Waals surface area contributed by atoms with Crippen molar-refractivity contribution in [2.45, 2.75) is 39.2 Å². The molecule has 1 heterocycles. The SMILES string of the molecule is CC(C)(CCO)CNC(=O)c1cccn1C1CC1. The van der Waals surface area contributed by atoms with Gasteiger partial charge < -0.3 is 15.0 Å². The Kier molecular flexibility index (Phi) is 3.76. The third-order valence-electron chi connectivity index (χ3n) is 3.47. The maximum atomic E-state index is 12.1. The van der Waals surface area contributed by atoms with Crippen molar-refractivity contribution in [3.05, 3.63) is 24.0 Å². The second-order valence-corrected chi connectivity index (χ2v) is 5.85. The van der Waals surface area contributed by atoms with Crippen LogP contribution in [0.3, 0.4) is 0 Å². The van der Waals surface area contributed by atoms with E-state index in [4.69, 9.17) is 5.11 Å². The lowest BCUT2D eigenvalue weighted by Crippen LogP contribution is -2.35. The summed E-state index contributed by atoms with van der Waals surface area (Å²) < 4.78 is 2.06. The van der Waals surface area contributed by atoms with E-state index in [-0.39, 0.29) is 17.9 Å². The van der Waals surface area contributed by atoms with Crippen LogP contribution in [0.4, 0.5) is 0 Å². The molecule has 1 amide bonds. The van der Waals surface area contributed by atoms with Crippen LogP contribution in [0.15, 0.2) is 18.3 Å². The first-order valence-electron chi connectivity index (χ1n) is 6.59. The zero-order chi connectivity index (χ0) is 13.2. The lowest BCUT2D eigenvalue weighted by molar-refractivity contribution is 0.0918. The van der Waals surface area contributed by atoms with Crippen LogP contribution in [0.25, 0.3) is 0 Å². The highest BCUT2D eigenvalue weighted by Crippen LogP contribution is 2.36. The van der Waals surface area contributed by atoms with E-state index in [2.05, 4.69) is 9.88 Å². The van der Waals surface area contributed by atoms with Gasteiger partial charge in [0.2, 0.25) is 0 Å². The Bertz CT molecular complexity index is 419. The van der Waals surface area contributed by atoms with Gasteiger partial charge >= 0.3 is 0 Å². The second kappa shape index (κ2) is 5.14. The fourth-order valence-corrected chi connectivity index (χ4v) is 2.06. The standard InChI is InChI=1S/C14H22N2O2/c1-14(2,7-9-17)10-15-13(18)12-4-3-8-16(12)11-5-6-11/h3-4,8,11,17H,5-7,9-10H2,1-2H3,(H,15,18). The van der Waals surface area contributed by atoms with Crippen molar-refractivity contribution in [2.75, 3.05) is 13.2 Å². The van der Waals surface area contributed by atoms with Crippen molar-refractivity contribution in [2.24, 2.45) is 5.41 Å². The predicted octanol–water partition coefficient (Wildman–Crippen LogP) is 1.96. The van der Waals surface area contributed by atoms with Crippen LogP contribution in [-0.4, -0.2) is 28.7 Å². The Morgan fingerprint density at radius 2 is 2.28 bits per heavy atom. The number of aromatic nitrogens is 1. The molecule has 0 aromatic carbocycles. The van der Waals surface area contributed by atoms with Crippen LogP contribution in [0.2, 0.25) is 0 Å². The van der Waals surface area contributed by atoms with Crippen molar-refractivity contribution in [3.8, 4) is 0 Å². The third kappa shape index (κ3) is 3.13. The zero-order valence-electron chi connectivity index (χ0n) is 11.1. The molecule has 0 atom stereocenters. The molecule has 18 heavy (non-hydrogen) atoms. The fraction of sp³-hybridized carbons (Fsp3) is 0.643. The summed E-state index contributed by atoms with van der Waals surface area (Å²) in [7, 11) is 0. The average Bonchev–Trinajstić information content (AvgIpc) is 3.04. The summed E-state index contributed by atoms with van der Waals surface area (Å²) in [6.07, 6.45) is 5.01. The van der Waals surface area contributed by atoms with Crippen molar-refractivity contribution >= 4 is 5.91 Å². The van der Waals surface area contributed by atoms with Gasteiger partial charge in [-0.1, -0.05) is 13.8 Å². The first-order valence-corrected chi connectivity index (χ1v) is 6.59. The number of hydrogen-bond acceptors (Lipinski definition) is 2. The third-order valence-corrected chi connectivity index (χ3v) is 3.47. The number of nitrogens with one attached hydrogen (secondary N) is 1. The van der Waals surface area contributed by atoms with Gasteiger partial charge in [0.15, 0.2) is 0 Å².